The van der Waals surface area contributed by atoms with Gasteiger partial charge in [0.1, 0.15) is 6.10 Å². The maximum absolute atomic E-state index is 11.0. The van der Waals surface area contributed by atoms with Crippen LogP contribution in [-0.4, -0.2) is 35.8 Å². The minimum atomic E-state index is -0.796. The Balaban J connectivity index is 2.22. The van der Waals surface area contributed by atoms with Gasteiger partial charge in [0.2, 0.25) is 0 Å². The van der Waals surface area contributed by atoms with Gasteiger partial charge in [0.05, 0.1) is 13.0 Å². The van der Waals surface area contributed by atoms with Crippen LogP contribution in [0.5, 0.6) is 11.5 Å². The van der Waals surface area contributed by atoms with E-state index in [2.05, 4.69) is 0 Å². The fourth-order valence-electron chi connectivity index (χ4n) is 2.21. The summed E-state index contributed by atoms with van der Waals surface area (Å²) in [7, 11) is 1.61. The van der Waals surface area contributed by atoms with Gasteiger partial charge >= 0.3 is 5.97 Å². The third-order valence-corrected chi connectivity index (χ3v) is 4.53. The van der Waals surface area contributed by atoms with Gasteiger partial charge in [-0.25, -0.2) is 0 Å². The molecule has 2 rings (SSSR count). The molecule has 2 unspecified atom stereocenters. The number of methoxy groups -OCH3 is 1. The van der Waals surface area contributed by atoms with Crippen LogP contribution in [0.4, 0.5) is 0 Å². The number of carboxylic acid groups (broad SMARTS) is 1. The van der Waals surface area contributed by atoms with Gasteiger partial charge in [-0.3, -0.25) is 4.79 Å². The fraction of sp³-hybridized carbons (Fsp3) is 0.533. The maximum atomic E-state index is 11.0. The summed E-state index contributed by atoms with van der Waals surface area (Å²) >= 11 is 1.88. The second kappa shape index (κ2) is 6.88. The van der Waals surface area contributed by atoms with Gasteiger partial charge in [0.15, 0.2) is 11.5 Å². The molecule has 1 aliphatic heterocycles. The van der Waals surface area contributed by atoms with Gasteiger partial charge in [0, 0.05) is 5.75 Å². The van der Waals surface area contributed by atoms with Crippen LogP contribution >= 0.6 is 11.8 Å². The van der Waals surface area contributed by atoms with E-state index in [4.69, 9.17) is 14.6 Å². The quantitative estimate of drug-likeness (QED) is 0.875. The summed E-state index contributed by atoms with van der Waals surface area (Å²) in [5.74, 6) is 2.23. The van der Waals surface area contributed by atoms with E-state index in [0.29, 0.717) is 17.9 Å². The van der Waals surface area contributed by atoms with E-state index in [-0.39, 0.29) is 6.10 Å². The van der Waals surface area contributed by atoms with Crippen LogP contribution in [0.2, 0.25) is 0 Å². The largest absolute Gasteiger partial charge is 0.493 e. The Labute approximate surface area is 123 Å². The Morgan fingerprint density at radius 3 is 2.95 bits per heavy atom. The lowest BCUT2D eigenvalue weighted by Gasteiger charge is -2.19. The van der Waals surface area contributed by atoms with Gasteiger partial charge in [-0.15, -0.1) is 0 Å². The summed E-state index contributed by atoms with van der Waals surface area (Å²) in [6.45, 7) is 1.71. The van der Waals surface area contributed by atoms with Crippen LogP contribution in [0, 0.1) is 5.92 Å². The number of hydrogen-bond acceptors (Lipinski definition) is 4. The molecule has 1 saturated heterocycles. The molecule has 0 spiro atoms. The van der Waals surface area contributed by atoms with Crippen LogP contribution in [0.1, 0.15) is 18.9 Å². The van der Waals surface area contributed by atoms with Crippen molar-refractivity contribution in [1.29, 1.82) is 0 Å². The molecule has 0 amide bonds. The Morgan fingerprint density at radius 2 is 2.35 bits per heavy atom. The Bertz CT molecular complexity index is 469. The number of carboxylic acids is 1. The highest BCUT2D eigenvalue weighted by molar-refractivity contribution is 7.99. The first-order chi connectivity index (χ1) is 9.61. The molecule has 1 aliphatic rings. The van der Waals surface area contributed by atoms with E-state index in [0.717, 1.165) is 23.5 Å². The molecule has 5 heteroatoms. The number of carbonyl (C=O) groups is 1. The van der Waals surface area contributed by atoms with E-state index in [1.54, 1.807) is 14.0 Å². The van der Waals surface area contributed by atoms with Crippen molar-refractivity contribution < 1.29 is 19.4 Å². The molecule has 110 valence electrons. The summed E-state index contributed by atoms with van der Waals surface area (Å²) in [6.07, 6.45) is 1.66. The van der Waals surface area contributed by atoms with Crippen LogP contribution in [-0.2, 0) is 11.2 Å². The molecule has 2 atom stereocenters. The van der Waals surface area contributed by atoms with Crippen molar-refractivity contribution >= 4 is 17.7 Å². The normalized spacial score (nSPS) is 19.6. The summed E-state index contributed by atoms with van der Waals surface area (Å²) in [5, 5.41) is 9.07. The molecule has 0 radical (unpaired) electrons. The van der Waals surface area contributed by atoms with E-state index >= 15 is 0 Å². The Hall–Kier alpha value is -1.36. The second-order valence-corrected chi connectivity index (χ2v) is 6.15. The SMILES string of the molecule is COc1cccc(CC(C)C(=O)O)c1OC1CCSC1. The monoisotopic (exact) mass is 296 g/mol. The molecular weight excluding hydrogens is 276 g/mol. The van der Waals surface area contributed by atoms with Crippen molar-refractivity contribution in [2.45, 2.75) is 25.9 Å². The number of aliphatic carboxylic acids is 1. The molecule has 0 saturated carbocycles. The summed E-state index contributed by atoms with van der Waals surface area (Å²) in [5.41, 5.74) is 0.899. The van der Waals surface area contributed by atoms with Crippen LogP contribution in [0.25, 0.3) is 0 Å². The molecule has 0 aromatic heterocycles. The highest BCUT2D eigenvalue weighted by Gasteiger charge is 2.22. The van der Waals surface area contributed by atoms with Crippen molar-refractivity contribution in [3.05, 3.63) is 23.8 Å². The Morgan fingerprint density at radius 1 is 1.55 bits per heavy atom. The third kappa shape index (κ3) is 3.60. The maximum Gasteiger partial charge on any atom is 0.306 e. The molecule has 20 heavy (non-hydrogen) atoms. The van der Waals surface area contributed by atoms with Crippen LogP contribution in [0.15, 0.2) is 18.2 Å². The van der Waals surface area contributed by atoms with E-state index < -0.39 is 11.9 Å². The molecule has 0 aliphatic carbocycles. The van der Waals surface area contributed by atoms with E-state index in [1.807, 2.05) is 30.0 Å². The lowest BCUT2D eigenvalue weighted by Crippen LogP contribution is -2.18. The van der Waals surface area contributed by atoms with Crippen molar-refractivity contribution in [3.8, 4) is 11.5 Å². The van der Waals surface area contributed by atoms with Gasteiger partial charge < -0.3 is 14.6 Å². The van der Waals surface area contributed by atoms with Crippen molar-refractivity contribution in [3.63, 3.8) is 0 Å². The van der Waals surface area contributed by atoms with Gasteiger partial charge in [-0.2, -0.15) is 11.8 Å². The van der Waals surface area contributed by atoms with Gasteiger partial charge in [0.25, 0.3) is 0 Å². The zero-order valence-electron chi connectivity index (χ0n) is 11.8. The lowest BCUT2D eigenvalue weighted by molar-refractivity contribution is -0.141. The fourth-order valence-corrected chi connectivity index (χ4v) is 3.30. The van der Waals surface area contributed by atoms with E-state index in [1.165, 1.54) is 0 Å². The number of para-hydroxylation sites is 1. The third-order valence-electron chi connectivity index (χ3n) is 3.40. The predicted molar refractivity (Wildman–Crippen MR) is 79.9 cm³/mol. The highest BCUT2D eigenvalue weighted by Crippen LogP contribution is 2.35. The van der Waals surface area contributed by atoms with Crippen molar-refractivity contribution in [1.82, 2.24) is 0 Å². The average molecular weight is 296 g/mol. The van der Waals surface area contributed by atoms with Gasteiger partial charge in [-0.05, 0) is 30.2 Å². The average Bonchev–Trinajstić information content (AvgIpc) is 2.93. The molecular formula is C15H20O4S. The minimum Gasteiger partial charge on any atom is -0.493 e. The lowest BCUT2D eigenvalue weighted by atomic mass is 10.00. The molecule has 1 fully saturated rings. The molecule has 1 N–H and O–H groups in total. The first-order valence-corrected chi connectivity index (χ1v) is 7.90. The number of benzene rings is 1. The number of thioether (sulfide) groups is 1. The minimum absolute atomic E-state index is 0.190. The summed E-state index contributed by atoms with van der Waals surface area (Å²) < 4.78 is 11.4. The molecule has 1 heterocycles. The summed E-state index contributed by atoms with van der Waals surface area (Å²) in [4.78, 5) is 11.0. The predicted octanol–water partition coefficient (Wildman–Crippen LogP) is 2.84. The molecule has 1 aromatic carbocycles. The summed E-state index contributed by atoms with van der Waals surface area (Å²) in [6, 6.07) is 5.64. The number of hydrogen-bond donors (Lipinski definition) is 1. The smallest absolute Gasteiger partial charge is 0.306 e. The van der Waals surface area contributed by atoms with Crippen LogP contribution in [0.3, 0.4) is 0 Å². The Kier molecular flexibility index (Phi) is 5.17. The van der Waals surface area contributed by atoms with Crippen molar-refractivity contribution in [2.24, 2.45) is 5.92 Å². The molecule has 4 nitrogen and oxygen atoms in total. The van der Waals surface area contributed by atoms with E-state index in [9.17, 15) is 4.79 Å². The van der Waals surface area contributed by atoms with Crippen molar-refractivity contribution in [2.75, 3.05) is 18.6 Å². The topological polar surface area (TPSA) is 55.8 Å². The zero-order valence-corrected chi connectivity index (χ0v) is 12.6. The first kappa shape index (κ1) is 15.0. The highest BCUT2D eigenvalue weighted by atomic mass is 32.2. The first-order valence-electron chi connectivity index (χ1n) is 6.75. The number of ether oxygens (including phenoxy) is 2. The standard InChI is InChI=1S/C15H20O4S/c1-10(15(16)17)8-11-4-3-5-13(18-2)14(11)19-12-6-7-20-9-12/h3-5,10,12H,6-9H2,1-2H3,(H,16,17). The molecule has 1 aromatic rings. The molecule has 0 bridgehead atoms. The second-order valence-electron chi connectivity index (χ2n) is 5.00. The number of rotatable bonds is 6. The zero-order chi connectivity index (χ0) is 14.5. The van der Waals surface area contributed by atoms with Crippen LogP contribution < -0.4 is 9.47 Å². The van der Waals surface area contributed by atoms with Gasteiger partial charge in [-0.1, -0.05) is 19.1 Å².